The SMILES string of the molecule is CC1C[C@@H](CO/C=C2/C(=O)OC3c4ccccc4CC23)OC1=O. The zero-order chi connectivity index (χ0) is 16.0. The Labute approximate surface area is 134 Å². The summed E-state index contributed by atoms with van der Waals surface area (Å²) < 4.78 is 16.2. The Bertz CT molecular complexity index is 692. The molecule has 0 bridgehead atoms. The van der Waals surface area contributed by atoms with Gasteiger partial charge in [0.05, 0.1) is 17.8 Å². The third-order valence-corrected chi connectivity index (χ3v) is 4.83. The summed E-state index contributed by atoms with van der Waals surface area (Å²) in [7, 11) is 0. The summed E-state index contributed by atoms with van der Waals surface area (Å²) in [4.78, 5) is 23.4. The first-order chi connectivity index (χ1) is 11.1. The van der Waals surface area contributed by atoms with Crippen molar-refractivity contribution in [2.45, 2.75) is 32.0 Å². The molecule has 5 heteroatoms. The molecule has 1 aromatic rings. The predicted octanol–water partition coefficient (Wildman–Crippen LogP) is 2.31. The average Bonchev–Trinajstić information content (AvgIpc) is 3.14. The molecule has 120 valence electrons. The minimum atomic E-state index is -0.314. The molecule has 2 aliphatic heterocycles. The number of hydrogen-bond donors (Lipinski definition) is 0. The standard InChI is InChI=1S/C18H18O5/c1-10-6-12(22-17(10)19)8-21-9-15-14-7-11-4-2-3-5-13(11)16(14)23-18(15)20/h2-5,9-10,12,14,16H,6-8H2,1H3/b15-9+/t10?,12-,14?,16?/m0/s1. The fraction of sp³-hybridized carbons (Fsp3) is 0.444. The van der Waals surface area contributed by atoms with Crippen LogP contribution in [0.4, 0.5) is 0 Å². The Morgan fingerprint density at radius 3 is 2.87 bits per heavy atom. The molecule has 0 radical (unpaired) electrons. The molecule has 1 aliphatic carbocycles. The van der Waals surface area contributed by atoms with Gasteiger partial charge >= 0.3 is 11.9 Å². The molecule has 2 saturated heterocycles. The first-order valence-corrected chi connectivity index (χ1v) is 7.94. The van der Waals surface area contributed by atoms with Crippen LogP contribution in [0.2, 0.25) is 0 Å². The van der Waals surface area contributed by atoms with Crippen LogP contribution in [0.5, 0.6) is 0 Å². The van der Waals surface area contributed by atoms with Crippen molar-refractivity contribution in [3.05, 3.63) is 47.2 Å². The van der Waals surface area contributed by atoms with Crippen LogP contribution in [-0.4, -0.2) is 24.6 Å². The van der Waals surface area contributed by atoms with Crippen LogP contribution >= 0.6 is 0 Å². The van der Waals surface area contributed by atoms with Gasteiger partial charge in [0.15, 0.2) is 0 Å². The summed E-state index contributed by atoms with van der Waals surface area (Å²) >= 11 is 0. The molecular weight excluding hydrogens is 296 g/mol. The molecule has 0 N–H and O–H groups in total. The number of ether oxygens (including phenoxy) is 3. The number of carbonyl (C=O) groups is 2. The molecule has 3 unspecified atom stereocenters. The Hall–Kier alpha value is -2.30. The monoisotopic (exact) mass is 314 g/mol. The number of carbonyl (C=O) groups excluding carboxylic acids is 2. The number of benzene rings is 1. The van der Waals surface area contributed by atoms with Crippen LogP contribution in [-0.2, 0) is 30.2 Å². The molecule has 0 aromatic heterocycles. The van der Waals surface area contributed by atoms with E-state index in [1.165, 1.54) is 11.8 Å². The van der Waals surface area contributed by atoms with Gasteiger partial charge in [0.2, 0.25) is 0 Å². The van der Waals surface area contributed by atoms with Crippen molar-refractivity contribution < 1.29 is 23.8 Å². The van der Waals surface area contributed by atoms with Gasteiger partial charge in [0.1, 0.15) is 18.8 Å². The lowest BCUT2D eigenvalue weighted by Crippen LogP contribution is -2.14. The molecule has 4 rings (SSSR count). The van der Waals surface area contributed by atoms with Gasteiger partial charge in [-0.2, -0.15) is 0 Å². The number of fused-ring (bicyclic) bond motifs is 3. The first kappa shape index (κ1) is 14.3. The molecule has 1 aromatic carbocycles. The largest absolute Gasteiger partial charge is 0.497 e. The number of hydrogen-bond acceptors (Lipinski definition) is 5. The van der Waals surface area contributed by atoms with Gasteiger partial charge in [-0.15, -0.1) is 0 Å². The van der Waals surface area contributed by atoms with Crippen LogP contribution in [0.1, 0.15) is 30.6 Å². The van der Waals surface area contributed by atoms with Crippen molar-refractivity contribution in [2.75, 3.05) is 6.61 Å². The van der Waals surface area contributed by atoms with E-state index >= 15 is 0 Å². The molecule has 23 heavy (non-hydrogen) atoms. The highest BCUT2D eigenvalue weighted by Gasteiger charge is 2.46. The summed E-state index contributed by atoms with van der Waals surface area (Å²) in [5, 5.41) is 0. The maximum absolute atomic E-state index is 12.1. The lowest BCUT2D eigenvalue weighted by molar-refractivity contribution is -0.145. The van der Waals surface area contributed by atoms with Crippen molar-refractivity contribution in [1.29, 1.82) is 0 Å². The first-order valence-electron chi connectivity index (χ1n) is 7.94. The van der Waals surface area contributed by atoms with Gasteiger partial charge in [0, 0.05) is 12.3 Å². The highest BCUT2D eigenvalue weighted by molar-refractivity contribution is 5.92. The van der Waals surface area contributed by atoms with Crippen LogP contribution in [0.15, 0.2) is 36.1 Å². The van der Waals surface area contributed by atoms with E-state index in [1.54, 1.807) is 0 Å². The van der Waals surface area contributed by atoms with E-state index in [0.29, 0.717) is 12.0 Å². The predicted molar refractivity (Wildman–Crippen MR) is 80.2 cm³/mol. The van der Waals surface area contributed by atoms with E-state index in [-0.39, 0.29) is 42.6 Å². The summed E-state index contributed by atoms with van der Waals surface area (Å²) in [5.41, 5.74) is 2.89. The fourth-order valence-corrected chi connectivity index (χ4v) is 3.61. The molecule has 2 fully saturated rings. The molecule has 4 atom stereocenters. The van der Waals surface area contributed by atoms with Crippen LogP contribution in [0, 0.1) is 11.8 Å². The number of cyclic esters (lactones) is 1. The van der Waals surface area contributed by atoms with Crippen LogP contribution < -0.4 is 0 Å². The van der Waals surface area contributed by atoms with Crippen molar-refractivity contribution in [3.8, 4) is 0 Å². The molecule has 5 nitrogen and oxygen atoms in total. The second-order valence-electron chi connectivity index (χ2n) is 6.44. The smallest absolute Gasteiger partial charge is 0.338 e. The van der Waals surface area contributed by atoms with E-state index in [4.69, 9.17) is 14.2 Å². The molecule has 0 amide bonds. The van der Waals surface area contributed by atoms with Gasteiger partial charge in [0.25, 0.3) is 0 Å². The molecule has 3 aliphatic rings. The fourth-order valence-electron chi connectivity index (χ4n) is 3.61. The normalized spacial score (nSPS) is 33.3. The third kappa shape index (κ3) is 2.40. The van der Waals surface area contributed by atoms with Gasteiger partial charge in [-0.1, -0.05) is 31.2 Å². The number of esters is 2. The Morgan fingerprint density at radius 1 is 1.26 bits per heavy atom. The average molecular weight is 314 g/mol. The molecule has 2 heterocycles. The topological polar surface area (TPSA) is 61.8 Å². The zero-order valence-electron chi connectivity index (χ0n) is 12.9. The Morgan fingerprint density at radius 2 is 2.09 bits per heavy atom. The Kier molecular flexibility index (Phi) is 3.36. The van der Waals surface area contributed by atoms with E-state index in [9.17, 15) is 9.59 Å². The third-order valence-electron chi connectivity index (χ3n) is 4.83. The zero-order valence-corrected chi connectivity index (χ0v) is 12.9. The van der Waals surface area contributed by atoms with Gasteiger partial charge in [-0.25, -0.2) is 4.79 Å². The van der Waals surface area contributed by atoms with Crippen LogP contribution in [0.25, 0.3) is 0 Å². The summed E-state index contributed by atoms with van der Waals surface area (Å²) in [6.45, 7) is 2.12. The molecule has 0 saturated carbocycles. The second-order valence-corrected chi connectivity index (χ2v) is 6.44. The van der Waals surface area contributed by atoms with Gasteiger partial charge < -0.3 is 14.2 Å². The quantitative estimate of drug-likeness (QED) is 0.487. The lowest BCUT2D eigenvalue weighted by atomic mass is 9.98. The van der Waals surface area contributed by atoms with E-state index in [2.05, 4.69) is 6.07 Å². The molecule has 0 spiro atoms. The molecular formula is C18H18O5. The van der Waals surface area contributed by atoms with Crippen molar-refractivity contribution in [3.63, 3.8) is 0 Å². The van der Waals surface area contributed by atoms with Crippen molar-refractivity contribution in [1.82, 2.24) is 0 Å². The second kappa shape index (κ2) is 5.41. The highest BCUT2D eigenvalue weighted by atomic mass is 16.6. The van der Waals surface area contributed by atoms with E-state index in [1.807, 2.05) is 25.1 Å². The van der Waals surface area contributed by atoms with E-state index in [0.717, 1.165) is 12.0 Å². The number of rotatable bonds is 3. The van der Waals surface area contributed by atoms with Crippen LogP contribution in [0.3, 0.4) is 0 Å². The minimum absolute atomic E-state index is 0.0185. The lowest BCUT2D eigenvalue weighted by Gasteiger charge is -2.10. The summed E-state index contributed by atoms with van der Waals surface area (Å²) in [6, 6.07) is 8.04. The van der Waals surface area contributed by atoms with E-state index < -0.39 is 0 Å². The van der Waals surface area contributed by atoms with Crippen molar-refractivity contribution >= 4 is 11.9 Å². The maximum Gasteiger partial charge on any atom is 0.338 e. The highest BCUT2D eigenvalue weighted by Crippen LogP contribution is 2.47. The van der Waals surface area contributed by atoms with Gasteiger partial charge in [-0.3, -0.25) is 4.79 Å². The summed E-state index contributed by atoms with van der Waals surface area (Å²) in [6.07, 6.45) is 2.51. The summed E-state index contributed by atoms with van der Waals surface area (Å²) in [5.74, 6) is -0.560. The van der Waals surface area contributed by atoms with Gasteiger partial charge in [-0.05, 0) is 17.5 Å². The Balaban J connectivity index is 1.44. The van der Waals surface area contributed by atoms with Crippen molar-refractivity contribution in [2.24, 2.45) is 11.8 Å². The minimum Gasteiger partial charge on any atom is -0.497 e. The maximum atomic E-state index is 12.1.